The minimum atomic E-state index is -0.364. The molecule has 5 heteroatoms. The van der Waals surface area contributed by atoms with Crippen LogP contribution in [0.2, 0.25) is 0 Å². The van der Waals surface area contributed by atoms with Crippen LogP contribution < -0.4 is 5.73 Å². The van der Waals surface area contributed by atoms with Gasteiger partial charge >= 0.3 is 0 Å². The van der Waals surface area contributed by atoms with Crippen LogP contribution in [0.5, 0.6) is 0 Å². The number of carbonyl (C=O) groups excluding carboxylic acids is 1. The highest BCUT2D eigenvalue weighted by atomic mass is 16.2. The maximum absolute atomic E-state index is 12.5. The van der Waals surface area contributed by atoms with Gasteiger partial charge in [0.1, 0.15) is 5.82 Å². The van der Waals surface area contributed by atoms with Gasteiger partial charge in [0.15, 0.2) is 0 Å². The van der Waals surface area contributed by atoms with Gasteiger partial charge in [-0.3, -0.25) is 4.79 Å². The number of piperidine rings is 1. The van der Waals surface area contributed by atoms with Crippen LogP contribution >= 0.6 is 0 Å². The smallest absolute Gasteiger partial charge is 0.239 e. The number of likely N-dealkylation sites (tertiary alicyclic amines) is 1. The zero-order valence-corrected chi connectivity index (χ0v) is 13.5. The fourth-order valence-corrected chi connectivity index (χ4v) is 3.18. The molecular formula is C16H28N4O. The highest BCUT2D eigenvalue weighted by Gasteiger charge is 2.28. The Morgan fingerprint density at radius 3 is 2.95 bits per heavy atom. The number of hydrogen-bond donors (Lipinski definition) is 1. The highest BCUT2D eigenvalue weighted by Crippen LogP contribution is 2.23. The summed E-state index contributed by atoms with van der Waals surface area (Å²) in [6.45, 7) is 7.91. The van der Waals surface area contributed by atoms with Gasteiger partial charge in [-0.05, 0) is 25.2 Å². The van der Waals surface area contributed by atoms with E-state index in [0.29, 0.717) is 12.0 Å². The molecule has 1 aromatic rings. The Balaban J connectivity index is 2.02. The molecule has 5 nitrogen and oxygen atoms in total. The quantitative estimate of drug-likeness (QED) is 0.902. The molecule has 1 unspecified atom stereocenters. The van der Waals surface area contributed by atoms with E-state index in [2.05, 4.69) is 30.3 Å². The maximum Gasteiger partial charge on any atom is 0.239 e. The lowest BCUT2D eigenvalue weighted by Crippen LogP contribution is -2.48. The van der Waals surface area contributed by atoms with E-state index in [9.17, 15) is 4.79 Å². The first-order valence-corrected chi connectivity index (χ1v) is 8.09. The Morgan fingerprint density at radius 2 is 2.29 bits per heavy atom. The molecule has 2 heterocycles. The van der Waals surface area contributed by atoms with Crippen LogP contribution in [0.15, 0.2) is 12.4 Å². The molecule has 1 amide bonds. The molecule has 0 spiro atoms. The van der Waals surface area contributed by atoms with Crippen LogP contribution in [-0.4, -0.2) is 39.5 Å². The molecule has 1 fully saturated rings. The second-order valence-electron chi connectivity index (χ2n) is 6.42. The standard InChI is InChI=1S/C16H28N4O/c1-4-15-18-7-9-20(15)13-6-5-8-19(11-13)16(21)14(17)10-12(2)3/h7,9,12-14H,4-6,8,10-11,17H2,1-3H3/t13?,14-/m0/s1. The molecule has 1 aromatic heterocycles. The Bertz CT molecular complexity index is 469. The van der Waals surface area contributed by atoms with Gasteiger partial charge < -0.3 is 15.2 Å². The van der Waals surface area contributed by atoms with Gasteiger partial charge in [0.2, 0.25) is 5.91 Å². The summed E-state index contributed by atoms with van der Waals surface area (Å²) >= 11 is 0. The van der Waals surface area contributed by atoms with Gasteiger partial charge in [0, 0.05) is 31.9 Å². The first-order chi connectivity index (χ1) is 10.0. The predicted octanol–water partition coefficient (Wildman–Crippen LogP) is 1.98. The molecule has 0 aliphatic carbocycles. The lowest BCUT2D eigenvalue weighted by Gasteiger charge is -2.35. The van der Waals surface area contributed by atoms with Crippen molar-refractivity contribution in [1.82, 2.24) is 14.5 Å². The molecule has 2 N–H and O–H groups in total. The van der Waals surface area contributed by atoms with E-state index in [0.717, 1.165) is 44.6 Å². The van der Waals surface area contributed by atoms with E-state index < -0.39 is 0 Å². The average Bonchev–Trinajstić information content (AvgIpc) is 2.94. The fraction of sp³-hybridized carbons (Fsp3) is 0.750. The number of imidazole rings is 1. The topological polar surface area (TPSA) is 64.2 Å². The number of aromatic nitrogens is 2. The summed E-state index contributed by atoms with van der Waals surface area (Å²) in [6, 6.07) is -0.0245. The maximum atomic E-state index is 12.5. The van der Waals surface area contributed by atoms with Crippen molar-refractivity contribution in [1.29, 1.82) is 0 Å². The van der Waals surface area contributed by atoms with E-state index in [4.69, 9.17) is 5.73 Å². The van der Waals surface area contributed by atoms with Crippen molar-refractivity contribution in [2.45, 2.75) is 58.5 Å². The summed E-state index contributed by atoms with van der Waals surface area (Å²) < 4.78 is 2.23. The van der Waals surface area contributed by atoms with Gasteiger partial charge in [-0.25, -0.2) is 4.98 Å². The number of nitrogens with zero attached hydrogens (tertiary/aromatic N) is 3. The molecule has 0 bridgehead atoms. The number of amides is 1. The highest BCUT2D eigenvalue weighted by molar-refractivity contribution is 5.81. The third kappa shape index (κ3) is 3.84. The van der Waals surface area contributed by atoms with Crippen LogP contribution in [0.4, 0.5) is 0 Å². The van der Waals surface area contributed by atoms with Crippen LogP contribution in [-0.2, 0) is 11.2 Å². The molecule has 0 aromatic carbocycles. The second-order valence-corrected chi connectivity index (χ2v) is 6.42. The number of rotatable bonds is 5. The minimum Gasteiger partial charge on any atom is -0.339 e. The molecule has 2 rings (SSSR count). The Labute approximate surface area is 127 Å². The van der Waals surface area contributed by atoms with Crippen LogP contribution in [0.1, 0.15) is 51.9 Å². The van der Waals surface area contributed by atoms with Gasteiger partial charge in [0.25, 0.3) is 0 Å². The van der Waals surface area contributed by atoms with Crippen molar-refractivity contribution < 1.29 is 4.79 Å². The van der Waals surface area contributed by atoms with Gasteiger partial charge in [-0.1, -0.05) is 20.8 Å². The van der Waals surface area contributed by atoms with Gasteiger partial charge in [-0.15, -0.1) is 0 Å². The van der Waals surface area contributed by atoms with Crippen molar-refractivity contribution in [3.8, 4) is 0 Å². The van der Waals surface area contributed by atoms with E-state index >= 15 is 0 Å². The number of nitrogens with two attached hydrogens (primary N) is 1. The number of aryl methyl sites for hydroxylation is 1. The molecule has 1 saturated heterocycles. The molecule has 1 aliphatic heterocycles. The van der Waals surface area contributed by atoms with Crippen molar-refractivity contribution in [2.24, 2.45) is 11.7 Å². The van der Waals surface area contributed by atoms with Crippen molar-refractivity contribution >= 4 is 5.91 Å². The third-order valence-electron chi connectivity index (χ3n) is 4.21. The average molecular weight is 292 g/mol. The zero-order valence-electron chi connectivity index (χ0n) is 13.5. The zero-order chi connectivity index (χ0) is 15.4. The molecule has 0 saturated carbocycles. The van der Waals surface area contributed by atoms with Gasteiger partial charge in [0.05, 0.1) is 12.1 Å². The Morgan fingerprint density at radius 1 is 1.52 bits per heavy atom. The SMILES string of the molecule is CCc1nccn1C1CCCN(C(=O)[C@@H](N)CC(C)C)C1. The molecular weight excluding hydrogens is 264 g/mol. The Hall–Kier alpha value is -1.36. The van der Waals surface area contributed by atoms with Crippen molar-refractivity contribution in [2.75, 3.05) is 13.1 Å². The molecule has 118 valence electrons. The lowest BCUT2D eigenvalue weighted by molar-refractivity contribution is -0.134. The monoisotopic (exact) mass is 292 g/mol. The van der Waals surface area contributed by atoms with Crippen LogP contribution in [0.25, 0.3) is 0 Å². The fourth-order valence-electron chi connectivity index (χ4n) is 3.18. The van der Waals surface area contributed by atoms with Crippen molar-refractivity contribution in [3.05, 3.63) is 18.2 Å². The normalized spacial score (nSPS) is 20.8. The summed E-state index contributed by atoms with van der Waals surface area (Å²) in [7, 11) is 0. The first kappa shape index (κ1) is 16.0. The Kier molecular flexibility index (Phi) is 5.39. The number of carbonyl (C=O) groups is 1. The predicted molar refractivity (Wildman–Crippen MR) is 83.9 cm³/mol. The molecule has 2 atom stereocenters. The van der Waals surface area contributed by atoms with Gasteiger partial charge in [-0.2, -0.15) is 0 Å². The third-order valence-corrected chi connectivity index (χ3v) is 4.21. The summed E-state index contributed by atoms with van der Waals surface area (Å²) in [6.07, 6.45) is 7.70. The largest absolute Gasteiger partial charge is 0.339 e. The second kappa shape index (κ2) is 7.07. The van der Waals surface area contributed by atoms with Crippen LogP contribution in [0, 0.1) is 5.92 Å². The molecule has 0 radical (unpaired) electrons. The summed E-state index contributed by atoms with van der Waals surface area (Å²) in [4.78, 5) is 18.8. The van der Waals surface area contributed by atoms with Crippen molar-refractivity contribution in [3.63, 3.8) is 0 Å². The van der Waals surface area contributed by atoms with E-state index in [1.165, 1.54) is 0 Å². The van der Waals surface area contributed by atoms with Crippen LogP contribution in [0.3, 0.4) is 0 Å². The minimum absolute atomic E-state index is 0.103. The summed E-state index contributed by atoms with van der Waals surface area (Å²) in [5.74, 6) is 1.65. The first-order valence-electron chi connectivity index (χ1n) is 8.09. The summed E-state index contributed by atoms with van der Waals surface area (Å²) in [5, 5.41) is 0. The summed E-state index contributed by atoms with van der Waals surface area (Å²) in [5.41, 5.74) is 6.06. The van der Waals surface area contributed by atoms with E-state index in [-0.39, 0.29) is 11.9 Å². The molecule has 1 aliphatic rings. The van der Waals surface area contributed by atoms with E-state index in [1.54, 1.807) is 0 Å². The molecule has 21 heavy (non-hydrogen) atoms. The lowest BCUT2D eigenvalue weighted by atomic mass is 10.0. The van der Waals surface area contributed by atoms with E-state index in [1.807, 2.05) is 17.3 Å². The number of hydrogen-bond acceptors (Lipinski definition) is 3.